The molecule has 2 aliphatic rings. The molecule has 0 N–H and O–H groups in total. The molecule has 6 nitrogen and oxygen atoms in total. The minimum atomic E-state index is -0.306. The molecule has 98 valence electrons. The summed E-state index contributed by atoms with van der Waals surface area (Å²) in [6, 6.07) is 5.22. The largest absolute Gasteiger partial charge is 0.492 e. The number of imide groups is 1. The number of carbonyl (C=O) groups excluding carboxylic acids is 2. The van der Waals surface area contributed by atoms with Gasteiger partial charge in [-0.2, -0.15) is 0 Å². The molecule has 0 aliphatic carbocycles. The molecule has 6 heteroatoms. The van der Waals surface area contributed by atoms with Crippen molar-refractivity contribution in [2.45, 2.75) is 0 Å². The van der Waals surface area contributed by atoms with Crippen molar-refractivity contribution in [2.24, 2.45) is 0 Å². The number of carbonyl (C=O) groups is 2. The Bertz CT molecular complexity index is 548. The van der Waals surface area contributed by atoms with E-state index in [1.807, 2.05) is 0 Å². The van der Waals surface area contributed by atoms with E-state index in [2.05, 4.69) is 0 Å². The van der Waals surface area contributed by atoms with Gasteiger partial charge < -0.3 is 14.2 Å². The van der Waals surface area contributed by atoms with E-state index in [1.165, 1.54) is 12.2 Å². The Morgan fingerprint density at radius 1 is 1.11 bits per heavy atom. The molecular weight excluding hydrogens is 250 g/mol. The Labute approximate surface area is 109 Å². The number of ether oxygens (including phenoxy) is 3. The Morgan fingerprint density at radius 2 is 1.84 bits per heavy atom. The van der Waals surface area contributed by atoms with E-state index in [-0.39, 0.29) is 31.8 Å². The van der Waals surface area contributed by atoms with Crippen LogP contribution in [0.2, 0.25) is 0 Å². The first-order valence-corrected chi connectivity index (χ1v) is 5.80. The first-order valence-electron chi connectivity index (χ1n) is 5.80. The number of amides is 2. The lowest BCUT2D eigenvalue weighted by molar-refractivity contribution is -0.137. The number of fused-ring (bicyclic) bond motifs is 1. The third kappa shape index (κ3) is 2.24. The monoisotopic (exact) mass is 261 g/mol. The summed E-state index contributed by atoms with van der Waals surface area (Å²) >= 11 is 0. The topological polar surface area (TPSA) is 65.1 Å². The average Bonchev–Trinajstić information content (AvgIpc) is 2.99. The zero-order valence-corrected chi connectivity index (χ0v) is 10.00. The van der Waals surface area contributed by atoms with Crippen LogP contribution in [0.1, 0.15) is 0 Å². The molecule has 0 spiro atoms. The Balaban J connectivity index is 1.55. The smallest absolute Gasteiger partial charge is 0.253 e. The van der Waals surface area contributed by atoms with Crippen LogP contribution < -0.4 is 14.2 Å². The minimum Gasteiger partial charge on any atom is -0.492 e. The number of hydrogen-bond acceptors (Lipinski definition) is 5. The summed E-state index contributed by atoms with van der Waals surface area (Å²) in [4.78, 5) is 23.7. The van der Waals surface area contributed by atoms with Gasteiger partial charge in [-0.1, -0.05) is 0 Å². The fraction of sp³-hybridized carbons (Fsp3) is 0.231. The maximum absolute atomic E-state index is 11.3. The number of nitrogens with zero attached hydrogens (tertiary/aromatic N) is 1. The van der Waals surface area contributed by atoms with Gasteiger partial charge >= 0.3 is 0 Å². The standard InChI is InChI=1S/C13H11NO5/c15-12-3-4-13(16)14(12)5-6-17-9-1-2-10-11(7-9)19-8-18-10/h1-4,7H,5-6,8H2. The van der Waals surface area contributed by atoms with E-state index in [4.69, 9.17) is 14.2 Å². The Hall–Kier alpha value is -2.50. The first-order chi connectivity index (χ1) is 9.24. The lowest BCUT2D eigenvalue weighted by Gasteiger charge is -2.14. The van der Waals surface area contributed by atoms with Crippen molar-refractivity contribution in [3.63, 3.8) is 0 Å². The van der Waals surface area contributed by atoms with Gasteiger partial charge in [0.05, 0.1) is 6.54 Å². The zero-order chi connectivity index (χ0) is 13.2. The zero-order valence-electron chi connectivity index (χ0n) is 10.00. The summed E-state index contributed by atoms with van der Waals surface area (Å²) in [5.74, 6) is 1.31. The fourth-order valence-corrected chi connectivity index (χ4v) is 1.87. The highest BCUT2D eigenvalue weighted by atomic mass is 16.7. The molecule has 1 aromatic rings. The summed E-state index contributed by atoms with van der Waals surface area (Å²) in [7, 11) is 0. The molecule has 0 unspecified atom stereocenters. The van der Waals surface area contributed by atoms with Crippen molar-refractivity contribution in [2.75, 3.05) is 19.9 Å². The first kappa shape index (κ1) is 11.6. The fourth-order valence-electron chi connectivity index (χ4n) is 1.87. The van der Waals surface area contributed by atoms with Crippen molar-refractivity contribution in [3.8, 4) is 17.2 Å². The van der Waals surface area contributed by atoms with Crippen LogP contribution in [0.4, 0.5) is 0 Å². The molecular formula is C13H11NO5. The SMILES string of the molecule is O=C1C=CC(=O)N1CCOc1ccc2c(c1)OCO2. The molecule has 2 aliphatic heterocycles. The van der Waals surface area contributed by atoms with E-state index in [9.17, 15) is 9.59 Å². The van der Waals surface area contributed by atoms with E-state index in [0.29, 0.717) is 17.2 Å². The second-order valence-electron chi connectivity index (χ2n) is 4.02. The van der Waals surface area contributed by atoms with Crippen LogP contribution in [0, 0.1) is 0 Å². The van der Waals surface area contributed by atoms with Crippen molar-refractivity contribution < 1.29 is 23.8 Å². The van der Waals surface area contributed by atoms with Gasteiger partial charge in [0.2, 0.25) is 6.79 Å². The predicted molar refractivity (Wildman–Crippen MR) is 63.9 cm³/mol. The van der Waals surface area contributed by atoms with Gasteiger partial charge in [-0.15, -0.1) is 0 Å². The maximum Gasteiger partial charge on any atom is 0.253 e. The van der Waals surface area contributed by atoms with Crippen LogP contribution in [0.15, 0.2) is 30.4 Å². The predicted octanol–water partition coefficient (Wildman–Crippen LogP) is 0.719. The highest BCUT2D eigenvalue weighted by Gasteiger charge is 2.22. The van der Waals surface area contributed by atoms with Crippen LogP contribution in [-0.2, 0) is 9.59 Å². The highest BCUT2D eigenvalue weighted by molar-refractivity contribution is 6.12. The van der Waals surface area contributed by atoms with E-state index in [0.717, 1.165) is 4.90 Å². The summed E-state index contributed by atoms with van der Waals surface area (Å²) in [5.41, 5.74) is 0. The third-order valence-electron chi connectivity index (χ3n) is 2.83. The van der Waals surface area contributed by atoms with Gasteiger partial charge in [-0.25, -0.2) is 0 Å². The second-order valence-corrected chi connectivity index (χ2v) is 4.02. The van der Waals surface area contributed by atoms with Gasteiger partial charge in [0, 0.05) is 18.2 Å². The van der Waals surface area contributed by atoms with E-state index in [1.54, 1.807) is 18.2 Å². The third-order valence-corrected chi connectivity index (χ3v) is 2.83. The average molecular weight is 261 g/mol. The summed E-state index contributed by atoms with van der Waals surface area (Å²) < 4.78 is 15.9. The molecule has 0 saturated heterocycles. The number of benzene rings is 1. The van der Waals surface area contributed by atoms with Gasteiger partial charge in [0.1, 0.15) is 12.4 Å². The maximum atomic E-state index is 11.3. The van der Waals surface area contributed by atoms with Crippen LogP contribution in [0.3, 0.4) is 0 Å². The molecule has 0 fully saturated rings. The Kier molecular flexibility index (Phi) is 2.83. The van der Waals surface area contributed by atoms with Gasteiger partial charge in [-0.05, 0) is 12.1 Å². The molecule has 0 atom stereocenters. The van der Waals surface area contributed by atoms with Crippen molar-refractivity contribution in [3.05, 3.63) is 30.4 Å². The second kappa shape index (κ2) is 4.64. The summed E-state index contributed by atoms with van der Waals surface area (Å²) in [5, 5.41) is 0. The Morgan fingerprint density at radius 3 is 2.63 bits per heavy atom. The molecule has 2 amide bonds. The summed E-state index contributed by atoms with van der Waals surface area (Å²) in [6.45, 7) is 0.666. The molecule has 19 heavy (non-hydrogen) atoms. The molecule has 0 bridgehead atoms. The van der Waals surface area contributed by atoms with Crippen LogP contribution in [0.5, 0.6) is 17.2 Å². The molecule has 0 saturated carbocycles. The van der Waals surface area contributed by atoms with Gasteiger partial charge in [-0.3, -0.25) is 14.5 Å². The van der Waals surface area contributed by atoms with Gasteiger partial charge in [0.15, 0.2) is 11.5 Å². The lowest BCUT2D eigenvalue weighted by Crippen LogP contribution is -2.33. The van der Waals surface area contributed by atoms with Crippen LogP contribution in [0.25, 0.3) is 0 Å². The molecule has 2 heterocycles. The van der Waals surface area contributed by atoms with Crippen LogP contribution in [-0.4, -0.2) is 36.7 Å². The molecule has 3 rings (SSSR count). The van der Waals surface area contributed by atoms with Gasteiger partial charge in [0.25, 0.3) is 11.8 Å². The molecule has 0 radical (unpaired) electrons. The van der Waals surface area contributed by atoms with Crippen molar-refractivity contribution in [1.82, 2.24) is 4.90 Å². The molecule has 0 aromatic heterocycles. The van der Waals surface area contributed by atoms with Crippen molar-refractivity contribution >= 4 is 11.8 Å². The normalized spacial score (nSPS) is 16.3. The quantitative estimate of drug-likeness (QED) is 0.747. The van der Waals surface area contributed by atoms with E-state index >= 15 is 0 Å². The number of hydrogen-bond donors (Lipinski definition) is 0. The summed E-state index contributed by atoms with van der Waals surface area (Å²) in [6.07, 6.45) is 2.51. The minimum absolute atomic E-state index is 0.210. The van der Waals surface area contributed by atoms with Crippen LogP contribution >= 0.6 is 0 Å². The highest BCUT2D eigenvalue weighted by Crippen LogP contribution is 2.34. The molecule has 1 aromatic carbocycles. The number of rotatable bonds is 4. The van der Waals surface area contributed by atoms with Crippen molar-refractivity contribution in [1.29, 1.82) is 0 Å². The van der Waals surface area contributed by atoms with E-state index < -0.39 is 0 Å². The lowest BCUT2D eigenvalue weighted by atomic mass is 10.3.